The van der Waals surface area contributed by atoms with Crippen LogP contribution in [0.15, 0.2) is 18.2 Å². The van der Waals surface area contributed by atoms with E-state index in [9.17, 15) is 4.79 Å². The molecule has 1 rings (SSSR count). The molecule has 0 aliphatic rings. The second-order valence-electron chi connectivity index (χ2n) is 4.44. The van der Waals surface area contributed by atoms with Gasteiger partial charge in [0.05, 0.1) is 7.11 Å². The van der Waals surface area contributed by atoms with Crippen molar-refractivity contribution in [2.45, 2.75) is 19.9 Å². The maximum atomic E-state index is 11.7. The second-order valence-corrected chi connectivity index (χ2v) is 5.32. The third-order valence-electron chi connectivity index (χ3n) is 2.68. The fourth-order valence-electron chi connectivity index (χ4n) is 1.64. The topological polar surface area (TPSA) is 64.3 Å². The molecule has 0 saturated carbocycles. The third-order valence-corrected chi connectivity index (χ3v) is 3.13. The number of rotatable bonds is 5. The lowest BCUT2D eigenvalue weighted by Crippen LogP contribution is -2.36. The van der Waals surface area contributed by atoms with E-state index in [1.807, 2.05) is 13.8 Å². The number of carbonyl (C=O) groups excluding carboxylic acids is 1. The van der Waals surface area contributed by atoms with Crippen molar-refractivity contribution in [2.75, 3.05) is 12.4 Å². The molecular formula is C13H17ClN2O2S. The van der Waals surface area contributed by atoms with Crippen molar-refractivity contribution >= 4 is 40.5 Å². The second kappa shape index (κ2) is 6.73. The lowest BCUT2D eigenvalue weighted by molar-refractivity contribution is -0.142. The Balaban J connectivity index is 3.11. The van der Waals surface area contributed by atoms with E-state index in [0.29, 0.717) is 16.3 Å². The first-order valence-electron chi connectivity index (χ1n) is 5.80. The van der Waals surface area contributed by atoms with Gasteiger partial charge in [-0.05, 0) is 24.1 Å². The molecule has 1 atom stereocenters. The molecule has 6 heteroatoms. The van der Waals surface area contributed by atoms with Gasteiger partial charge in [-0.15, -0.1) is 0 Å². The Morgan fingerprint density at radius 2 is 2.11 bits per heavy atom. The molecule has 104 valence electrons. The van der Waals surface area contributed by atoms with Crippen LogP contribution < -0.4 is 11.1 Å². The number of hydrogen-bond acceptors (Lipinski definition) is 4. The standard InChI is InChI=1S/C13H17ClN2O2S/c1-7(2)11(13(17)18-3)16-10-6-8(14)4-5-9(10)12(15)19/h4-7,11,16H,1-3H3,(H2,15,19). The Bertz CT molecular complexity index is 492. The number of nitrogens with one attached hydrogen (secondary N) is 1. The summed E-state index contributed by atoms with van der Waals surface area (Å²) in [4.78, 5) is 12.0. The quantitative estimate of drug-likeness (QED) is 0.646. The van der Waals surface area contributed by atoms with E-state index < -0.39 is 6.04 Å². The normalized spacial score (nSPS) is 12.1. The van der Waals surface area contributed by atoms with Gasteiger partial charge in [-0.2, -0.15) is 0 Å². The molecular weight excluding hydrogens is 284 g/mol. The average Bonchev–Trinajstić information content (AvgIpc) is 2.34. The van der Waals surface area contributed by atoms with E-state index in [4.69, 9.17) is 34.3 Å². The lowest BCUT2D eigenvalue weighted by atomic mass is 10.0. The van der Waals surface area contributed by atoms with Crippen molar-refractivity contribution in [2.24, 2.45) is 11.7 Å². The minimum absolute atomic E-state index is 0.0469. The molecule has 0 fully saturated rings. The number of nitrogens with two attached hydrogens (primary N) is 1. The highest BCUT2D eigenvalue weighted by Crippen LogP contribution is 2.23. The van der Waals surface area contributed by atoms with E-state index in [2.05, 4.69) is 5.32 Å². The predicted molar refractivity (Wildman–Crippen MR) is 81.6 cm³/mol. The Kier molecular flexibility index (Phi) is 5.57. The van der Waals surface area contributed by atoms with Gasteiger partial charge >= 0.3 is 5.97 Å². The molecule has 0 radical (unpaired) electrons. The van der Waals surface area contributed by atoms with Crippen molar-refractivity contribution in [1.82, 2.24) is 0 Å². The SMILES string of the molecule is COC(=O)C(Nc1cc(Cl)ccc1C(N)=S)C(C)C. The van der Waals surface area contributed by atoms with Gasteiger partial charge in [0, 0.05) is 16.3 Å². The summed E-state index contributed by atoms with van der Waals surface area (Å²) >= 11 is 10.9. The zero-order valence-electron chi connectivity index (χ0n) is 11.1. The molecule has 0 aromatic heterocycles. The zero-order valence-corrected chi connectivity index (χ0v) is 12.6. The van der Waals surface area contributed by atoms with Crippen molar-refractivity contribution in [3.8, 4) is 0 Å². The van der Waals surface area contributed by atoms with E-state index in [-0.39, 0.29) is 16.9 Å². The minimum atomic E-state index is -0.489. The molecule has 1 aromatic rings. The summed E-state index contributed by atoms with van der Waals surface area (Å²) in [6.07, 6.45) is 0. The van der Waals surface area contributed by atoms with Gasteiger partial charge < -0.3 is 15.8 Å². The van der Waals surface area contributed by atoms with E-state index in [1.165, 1.54) is 7.11 Å². The molecule has 0 aliphatic carbocycles. The fourth-order valence-corrected chi connectivity index (χ4v) is 1.99. The Morgan fingerprint density at radius 3 is 2.58 bits per heavy atom. The van der Waals surface area contributed by atoms with E-state index >= 15 is 0 Å². The van der Waals surface area contributed by atoms with Gasteiger partial charge in [-0.3, -0.25) is 0 Å². The van der Waals surface area contributed by atoms with Crippen LogP contribution in [0.4, 0.5) is 5.69 Å². The van der Waals surface area contributed by atoms with Crippen LogP contribution in [0.25, 0.3) is 0 Å². The number of methoxy groups -OCH3 is 1. The number of carbonyl (C=O) groups is 1. The van der Waals surface area contributed by atoms with Gasteiger partial charge in [0.1, 0.15) is 11.0 Å². The highest BCUT2D eigenvalue weighted by molar-refractivity contribution is 7.80. The maximum absolute atomic E-state index is 11.7. The summed E-state index contributed by atoms with van der Waals surface area (Å²) in [5.41, 5.74) is 6.93. The van der Waals surface area contributed by atoms with Crippen molar-refractivity contribution < 1.29 is 9.53 Å². The average molecular weight is 301 g/mol. The van der Waals surface area contributed by atoms with Crippen LogP contribution in [0, 0.1) is 5.92 Å². The largest absolute Gasteiger partial charge is 0.467 e. The van der Waals surface area contributed by atoms with Crippen molar-refractivity contribution in [1.29, 1.82) is 0 Å². The molecule has 19 heavy (non-hydrogen) atoms. The van der Waals surface area contributed by atoms with Crippen LogP contribution in [0.3, 0.4) is 0 Å². The fraction of sp³-hybridized carbons (Fsp3) is 0.385. The molecule has 3 N–H and O–H groups in total. The maximum Gasteiger partial charge on any atom is 0.328 e. The van der Waals surface area contributed by atoms with E-state index in [0.717, 1.165) is 0 Å². The van der Waals surface area contributed by atoms with Crippen molar-refractivity contribution in [3.05, 3.63) is 28.8 Å². The zero-order chi connectivity index (χ0) is 14.6. The smallest absolute Gasteiger partial charge is 0.328 e. The van der Waals surface area contributed by atoms with Crippen LogP contribution in [0.1, 0.15) is 19.4 Å². The third kappa shape index (κ3) is 4.08. The Morgan fingerprint density at radius 1 is 1.47 bits per heavy atom. The highest BCUT2D eigenvalue weighted by atomic mass is 35.5. The minimum Gasteiger partial charge on any atom is -0.467 e. The molecule has 1 unspecified atom stereocenters. The summed E-state index contributed by atoms with van der Waals surface area (Å²) in [7, 11) is 1.35. The highest BCUT2D eigenvalue weighted by Gasteiger charge is 2.24. The number of anilines is 1. The lowest BCUT2D eigenvalue weighted by Gasteiger charge is -2.22. The summed E-state index contributed by atoms with van der Waals surface area (Å²) in [5, 5.41) is 3.63. The van der Waals surface area contributed by atoms with Gasteiger partial charge in [-0.25, -0.2) is 4.79 Å². The number of thiocarbonyl (C=S) groups is 1. The van der Waals surface area contributed by atoms with E-state index in [1.54, 1.807) is 18.2 Å². The monoisotopic (exact) mass is 300 g/mol. The molecule has 0 amide bonds. The molecule has 0 bridgehead atoms. The number of esters is 1. The van der Waals surface area contributed by atoms with Gasteiger partial charge in [-0.1, -0.05) is 37.7 Å². The Labute approximate surface area is 123 Å². The number of ether oxygens (including phenoxy) is 1. The molecule has 0 aliphatic heterocycles. The van der Waals surface area contributed by atoms with Crippen LogP contribution in [-0.2, 0) is 9.53 Å². The molecule has 0 heterocycles. The van der Waals surface area contributed by atoms with Crippen LogP contribution >= 0.6 is 23.8 Å². The predicted octanol–water partition coefficient (Wildman–Crippen LogP) is 2.58. The molecule has 0 saturated heterocycles. The summed E-state index contributed by atoms with van der Waals surface area (Å²) in [6, 6.07) is 4.62. The van der Waals surface area contributed by atoms with Crippen LogP contribution in [-0.4, -0.2) is 24.1 Å². The molecule has 0 spiro atoms. The summed E-state index contributed by atoms with van der Waals surface area (Å²) < 4.78 is 4.78. The molecule has 1 aromatic carbocycles. The number of hydrogen-bond donors (Lipinski definition) is 2. The van der Waals surface area contributed by atoms with Gasteiger partial charge in [0.15, 0.2) is 0 Å². The first-order chi connectivity index (χ1) is 8.86. The van der Waals surface area contributed by atoms with Gasteiger partial charge in [0.25, 0.3) is 0 Å². The number of benzene rings is 1. The molecule has 4 nitrogen and oxygen atoms in total. The van der Waals surface area contributed by atoms with Gasteiger partial charge in [0.2, 0.25) is 0 Å². The van der Waals surface area contributed by atoms with Crippen LogP contribution in [0.5, 0.6) is 0 Å². The van der Waals surface area contributed by atoms with Crippen molar-refractivity contribution in [3.63, 3.8) is 0 Å². The van der Waals surface area contributed by atoms with Crippen LogP contribution in [0.2, 0.25) is 5.02 Å². The Hall–Kier alpha value is -1.33. The first kappa shape index (κ1) is 15.7. The summed E-state index contributed by atoms with van der Waals surface area (Å²) in [6.45, 7) is 3.83. The number of halogens is 1. The first-order valence-corrected chi connectivity index (χ1v) is 6.59. The summed E-state index contributed by atoms with van der Waals surface area (Å²) in [5.74, 6) is -0.297.